The van der Waals surface area contributed by atoms with E-state index in [0.717, 1.165) is 72.8 Å². The van der Waals surface area contributed by atoms with Crippen LogP contribution in [-0.4, -0.2) is 72.5 Å². The van der Waals surface area contributed by atoms with Crippen molar-refractivity contribution in [3.8, 4) is 16.9 Å². The van der Waals surface area contributed by atoms with Crippen LogP contribution in [0.2, 0.25) is 0 Å². The minimum Gasteiger partial charge on any atom is -0.489 e. The molecule has 0 atom stereocenters. The van der Waals surface area contributed by atoms with Gasteiger partial charge in [0.25, 0.3) is 5.91 Å². The van der Waals surface area contributed by atoms with Gasteiger partial charge in [-0.25, -0.2) is 0 Å². The fraction of sp³-hybridized carbons (Fsp3) is 0.462. The number of aromatic nitrogens is 2. The number of benzene rings is 2. The molecule has 0 bridgehead atoms. The van der Waals surface area contributed by atoms with Crippen LogP contribution < -0.4 is 21.1 Å². The summed E-state index contributed by atoms with van der Waals surface area (Å²) in [6, 6.07) is 10.7. The van der Waals surface area contributed by atoms with E-state index in [9.17, 15) is 4.79 Å². The third-order valence-corrected chi connectivity index (χ3v) is 7.43. The topological polar surface area (TPSA) is 123 Å². The van der Waals surface area contributed by atoms with E-state index in [1.165, 1.54) is 12.8 Å². The van der Waals surface area contributed by atoms with Crippen molar-refractivity contribution >= 4 is 28.3 Å². The van der Waals surface area contributed by atoms with Crippen molar-refractivity contribution < 1.29 is 14.3 Å². The molecule has 1 aromatic heterocycles. The van der Waals surface area contributed by atoms with Crippen molar-refractivity contribution in [1.29, 1.82) is 0 Å². The van der Waals surface area contributed by atoms with E-state index in [-0.39, 0.29) is 6.10 Å². The van der Waals surface area contributed by atoms with Crippen LogP contribution in [0.25, 0.3) is 22.0 Å². The number of primary amides is 1. The van der Waals surface area contributed by atoms with Crippen LogP contribution in [-0.2, 0) is 4.74 Å². The first-order valence-corrected chi connectivity index (χ1v) is 12.5. The molecule has 3 aromatic rings. The molecule has 1 aliphatic carbocycles. The van der Waals surface area contributed by atoms with E-state index in [1.807, 2.05) is 24.3 Å². The SMILES string of the molecule is NC(=O)c1ccc(-c2cc(OC3CCOCC3)c3c(N)n[nH]c3c2)cc1N1CCN(C2CC2)CC1. The van der Waals surface area contributed by atoms with E-state index >= 15 is 0 Å². The fourth-order valence-corrected chi connectivity index (χ4v) is 5.33. The average Bonchev–Trinajstić information content (AvgIpc) is 3.67. The first-order valence-electron chi connectivity index (χ1n) is 12.5. The minimum absolute atomic E-state index is 0.0760. The molecule has 1 saturated carbocycles. The molecule has 35 heavy (non-hydrogen) atoms. The van der Waals surface area contributed by atoms with Crippen LogP contribution in [0.1, 0.15) is 36.0 Å². The third kappa shape index (κ3) is 4.41. The Kier molecular flexibility index (Phi) is 5.74. The lowest BCUT2D eigenvalue weighted by Crippen LogP contribution is -2.47. The van der Waals surface area contributed by atoms with Gasteiger partial charge in [0, 0.05) is 45.1 Å². The number of hydrogen-bond donors (Lipinski definition) is 3. The summed E-state index contributed by atoms with van der Waals surface area (Å²) in [6.45, 7) is 5.18. The molecule has 9 heteroatoms. The van der Waals surface area contributed by atoms with Gasteiger partial charge in [0.1, 0.15) is 11.9 Å². The Morgan fingerprint density at radius 1 is 1.03 bits per heavy atom. The second kappa shape index (κ2) is 9.05. The quantitative estimate of drug-likeness (QED) is 0.500. The van der Waals surface area contributed by atoms with E-state index in [4.69, 9.17) is 20.9 Å². The monoisotopic (exact) mass is 476 g/mol. The van der Waals surface area contributed by atoms with Gasteiger partial charge in [0.15, 0.2) is 5.82 Å². The number of ether oxygens (including phenoxy) is 2. The summed E-state index contributed by atoms with van der Waals surface area (Å²) < 4.78 is 11.9. The Bertz CT molecular complexity index is 1240. The number of hydrogen-bond acceptors (Lipinski definition) is 7. The predicted molar refractivity (Wildman–Crippen MR) is 136 cm³/mol. The van der Waals surface area contributed by atoms with E-state index < -0.39 is 5.91 Å². The molecule has 9 nitrogen and oxygen atoms in total. The van der Waals surface area contributed by atoms with E-state index in [0.29, 0.717) is 30.3 Å². The average molecular weight is 477 g/mol. The zero-order valence-electron chi connectivity index (χ0n) is 19.8. The molecule has 2 aliphatic heterocycles. The highest BCUT2D eigenvalue weighted by atomic mass is 16.5. The first kappa shape index (κ1) is 22.2. The second-order valence-corrected chi connectivity index (χ2v) is 9.79. The third-order valence-electron chi connectivity index (χ3n) is 7.43. The van der Waals surface area contributed by atoms with Gasteiger partial charge < -0.3 is 25.8 Å². The Morgan fingerprint density at radius 3 is 2.51 bits per heavy atom. The van der Waals surface area contributed by atoms with Crippen LogP contribution in [0.3, 0.4) is 0 Å². The molecule has 3 aliphatic rings. The highest BCUT2D eigenvalue weighted by Gasteiger charge is 2.32. The summed E-state index contributed by atoms with van der Waals surface area (Å²) in [5.74, 6) is 0.734. The zero-order chi connectivity index (χ0) is 23.9. The van der Waals surface area contributed by atoms with Crippen LogP contribution in [0.5, 0.6) is 5.75 Å². The number of fused-ring (bicyclic) bond motifs is 1. The molecule has 184 valence electrons. The molecule has 3 heterocycles. The highest BCUT2D eigenvalue weighted by molar-refractivity contribution is 6.01. The largest absolute Gasteiger partial charge is 0.489 e. The number of nitrogens with one attached hydrogen (secondary N) is 1. The van der Waals surface area contributed by atoms with Gasteiger partial charge in [0.2, 0.25) is 0 Å². The van der Waals surface area contributed by atoms with Crippen LogP contribution in [0, 0.1) is 0 Å². The van der Waals surface area contributed by atoms with Crippen molar-refractivity contribution in [1.82, 2.24) is 15.1 Å². The second-order valence-electron chi connectivity index (χ2n) is 9.79. The maximum Gasteiger partial charge on any atom is 0.250 e. The lowest BCUT2D eigenvalue weighted by atomic mass is 9.99. The highest BCUT2D eigenvalue weighted by Crippen LogP contribution is 2.38. The molecule has 2 aromatic carbocycles. The normalized spacial score (nSPS) is 19.8. The number of piperazine rings is 1. The molecule has 0 unspecified atom stereocenters. The molecule has 0 spiro atoms. The summed E-state index contributed by atoms with van der Waals surface area (Å²) in [6.07, 6.45) is 4.37. The molecule has 6 rings (SSSR count). The van der Waals surface area contributed by atoms with Crippen molar-refractivity contribution in [3.63, 3.8) is 0 Å². The Labute approximate surface area is 204 Å². The van der Waals surface area contributed by atoms with E-state index in [1.54, 1.807) is 0 Å². The van der Waals surface area contributed by atoms with Crippen LogP contribution >= 0.6 is 0 Å². The Hall–Kier alpha value is -3.30. The molecule has 1 amide bonds. The fourth-order valence-electron chi connectivity index (χ4n) is 5.33. The van der Waals surface area contributed by atoms with Crippen LogP contribution in [0.4, 0.5) is 11.5 Å². The standard InChI is InChI=1S/C26H32N6O3/c27-25-24-21(29-30-25)13-17(15-23(24)35-19-5-11-34-12-6-19)16-1-4-20(26(28)33)22(14-16)32-9-7-31(8-10-32)18-2-3-18/h1,4,13-15,18-19H,2-3,5-12H2,(H2,28,33)(H3,27,29,30). The van der Waals surface area contributed by atoms with Gasteiger partial charge in [-0.05, 0) is 48.2 Å². The summed E-state index contributed by atoms with van der Waals surface area (Å²) in [7, 11) is 0. The van der Waals surface area contributed by atoms with Gasteiger partial charge in [-0.2, -0.15) is 5.10 Å². The zero-order valence-corrected chi connectivity index (χ0v) is 19.8. The lowest BCUT2D eigenvalue weighted by Gasteiger charge is -2.37. The number of H-pyrrole nitrogens is 1. The number of nitrogen functional groups attached to an aromatic ring is 1. The number of nitrogens with zero attached hydrogens (tertiary/aromatic N) is 3. The Balaban J connectivity index is 1.35. The summed E-state index contributed by atoms with van der Waals surface area (Å²) in [4.78, 5) is 17.1. The minimum atomic E-state index is -0.406. The van der Waals surface area contributed by atoms with Gasteiger partial charge >= 0.3 is 0 Å². The lowest BCUT2D eigenvalue weighted by molar-refractivity contribution is 0.0262. The van der Waals surface area contributed by atoms with Crippen molar-refractivity contribution in [2.24, 2.45) is 5.73 Å². The molecule has 0 radical (unpaired) electrons. The summed E-state index contributed by atoms with van der Waals surface area (Å²) in [5.41, 5.74) is 16.2. The van der Waals surface area contributed by atoms with Gasteiger partial charge in [-0.1, -0.05) is 6.07 Å². The molecule has 3 fully saturated rings. The number of carbonyl (C=O) groups excluding carboxylic acids is 1. The molecular weight excluding hydrogens is 444 g/mol. The maximum atomic E-state index is 12.3. The van der Waals surface area contributed by atoms with Crippen LogP contribution in [0.15, 0.2) is 30.3 Å². The maximum absolute atomic E-state index is 12.3. The molecule has 5 N–H and O–H groups in total. The van der Waals surface area contributed by atoms with E-state index in [2.05, 4.69) is 26.1 Å². The Morgan fingerprint density at radius 2 is 1.80 bits per heavy atom. The molecule has 2 saturated heterocycles. The molecular formula is C26H32N6O3. The van der Waals surface area contributed by atoms with Gasteiger partial charge in [-0.15, -0.1) is 0 Å². The number of rotatable bonds is 6. The number of carbonyl (C=O) groups is 1. The van der Waals surface area contributed by atoms with Gasteiger partial charge in [-0.3, -0.25) is 14.8 Å². The summed E-state index contributed by atoms with van der Waals surface area (Å²) >= 11 is 0. The number of amides is 1. The number of nitrogens with two attached hydrogens (primary N) is 2. The predicted octanol–water partition coefficient (Wildman–Crippen LogP) is 2.75. The first-order chi connectivity index (χ1) is 17.1. The van der Waals surface area contributed by atoms with Gasteiger partial charge in [0.05, 0.1) is 35.4 Å². The smallest absolute Gasteiger partial charge is 0.250 e. The number of anilines is 2. The van der Waals surface area contributed by atoms with Crippen molar-refractivity contribution in [2.45, 2.75) is 37.8 Å². The van der Waals surface area contributed by atoms with Crippen molar-refractivity contribution in [2.75, 3.05) is 50.0 Å². The van der Waals surface area contributed by atoms with Crippen molar-refractivity contribution in [3.05, 3.63) is 35.9 Å². The number of aromatic amines is 1. The summed E-state index contributed by atoms with van der Waals surface area (Å²) in [5, 5.41) is 8.04.